The molecule has 0 spiro atoms. The van der Waals surface area contributed by atoms with Crippen LogP contribution in [0.2, 0.25) is 0 Å². The molecule has 1 aromatic carbocycles. The standard InChI is InChI=1S/C23H24N4OS/c29-23-25-21(20-10-4-5-12-24-20)22(27(23)16-19-9-6-14-28-19)17-11-13-26(15-17)18-7-2-1-3-8-18/h1-5,7-8,10-13,15,19,21-22H,6,9,14,16H2,(H,25,29). The second-order valence-corrected chi connectivity index (χ2v) is 7.99. The first-order chi connectivity index (χ1) is 14.3. The van der Waals surface area contributed by atoms with Gasteiger partial charge in [0.05, 0.1) is 23.9 Å². The number of hydrogen-bond acceptors (Lipinski definition) is 3. The molecule has 4 heterocycles. The van der Waals surface area contributed by atoms with E-state index in [2.05, 4.69) is 68.6 Å². The Morgan fingerprint density at radius 3 is 2.72 bits per heavy atom. The lowest BCUT2D eigenvalue weighted by atomic mass is 9.99. The minimum absolute atomic E-state index is 0.0109. The van der Waals surface area contributed by atoms with Crippen LogP contribution in [-0.2, 0) is 4.74 Å². The second-order valence-electron chi connectivity index (χ2n) is 7.60. The molecule has 0 aliphatic carbocycles. The molecule has 5 nitrogen and oxygen atoms in total. The summed E-state index contributed by atoms with van der Waals surface area (Å²) >= 11 is 5.75. The maximum Gasteiger partial charge on any atom is 0.170 e. The van der Waals surface area contributed by atoms with E-state index in [4.69, 9.17) is 17.0 Å². The highest BCUT2D eigenvalue weighted by Crippen LogP contribution is 2.39. The Balaban J connectivity index is 1.50. The molecular formula is C23H24N4OS. The summed E-state index contributed by atoms with van der Waals surface area (Å²) in [5.41, 5.74) is 3.37. The highest BCUT2D eigenvalue weighted by atomic mass is 32.1. The molecule has 0 saturated carbocycles. The van der Waals surface area contributed by atoms with E-state index < -0.39 is 0 Å². The predicted octanol–water partition coefficient (Wildman–Crippen LogP) is 4.02. The number of rotatable bonds is 5. The van der Waals surface area contributed by atoms with Gasteiger partial charge in [-0.1, -0.05) is 24.3 Å². The fourth-order valence-corrected chi connectivity index (χ4v) is 4.64. The third kappa shape index (κ3) is 3.66. The van der Waals surface area contributed by atoms with Crippen LogP contribution in [0.15, 0.2) is 73.2 Å². The minimum Gasteiger partial charge on any atom is -0.376 e. The number of pyridine rings is 1. The second kappa shape index (κ2) is 7.97. The Morgan fingerprint density at radius 2 is 1.97 bits per heavy atom. The van der Waals surface area contributed by atoms with E-state index in [0.717, 1.165) is 42.5 Å². The number of nitrogens with one attached hydrogen (secondary N) is 1. The van der Waals surface area contributed by atoms with Crippen LogP contribution in [0.1, 0.15) is 36.2 Å². The van der Waals surface area contributed by atoms with Gasteiger partial charge in [0.25, 0.3) is 0 Å². The number of aromatic nitrogens is 2. The number of thiocarbonyl (C=S) groups is 1. The zero-order valence-electron chi connectivity index (χ0n) is 16.1. The van der Waals surface area contributed by atoms with Gasteiger partial charge in [0.1, 0.15) is 0 Å². The third-order valence-electron chi connectivity index (χ3n) is 5.73. The van der Waals surface area contributed by atoms with Crippen molar-refractivity contribution in [2.24, 2.45) is 0 Å². The first-order valence-electron chi connectivity index (χ1n) is 10.1. The Kier molecular flexibility index (Phi) is 5.04. The lowest BCUT2D eigenvalue weighted by molar-refractivity contribution is 0.0842. The highest BCUT2D eigenvalue weighted by molar-refractivity contribution is 7.80. The van der Waals surface area contributed by atoms with E-state index >= 15 is 0 Å². The Hall–Kier alpha value is -2.70. The Labute approximate surface area is 176 Å². The average Bonchev–Trinajstić information content (AvgIpc) is 3.51. The van der Waals surface area contributed by atoms with Crippen molar-refractivity contribution in [3.63, 3.8) is 0 Å². The molecule has 3 atom stereocenters. The van der Waals surface area contributed by atoms with Crippen molar-refractivity contribution in [1.82, 2.24) is 19.8 Å². The molecule has 148 valence electrons. The van der Waals surface area contributed by atoms with Gasteiger partial charge < -0.3 is 19.5 Å². The minimum atomic E-state index is 0.0109. The van der Waals surface area contributed by atoms with Gasteiger partial charge in [-0.25, -0.2) is 0 Å². The summed E-state index contributed by atoms with van der Waals surface area (Å²) in [6.45, 7) is 1.65. The average molecular weight is 405 g/mol. The van der Waals surface area contributed by atoms with E-state index in [0.29, 0.717) is 0 Å². The molecule has 0 radical (unpaired) electrons. The summed E-state index contributed by atoms with van der Waals surface area (Å²) in [6, 6.07) is 18.7. The molecule has 2 aliphatic heterocycles. The lowest BCUT2D eigenvalue weighted by Gasteiger charge is -2.29. The number of nitrogens with zero attached hydrogens (tertiary/aromatic N) is 3. The van der Waals surface area contributed by atoms with Crippen molar-refractivity contribution < 1.29 is 4.74 Å². The number of hydrogen-bond donors (Lipinski definition) is 1. The molecule has 29 heavy (non-hydrogen) atoms. The molecule has 2 aromatic heterocycles. The SMILES string of the molecule is S=C1NC(c2ccccn2)C(c2ccn(-c3ccccc3)c2)N1CC1CCCO1. The van der Waals surface area contributed by atoms with Crippen molar-refractivity contribution in [3.05, 3.63) is 84.4 Å². The molecular weight excluding hydrogens is 380 g/mol. The molecule has 5 rings (SSSR count). The summed E-state index contributed by atoms with van der Waals surface area (Å²) < 4.78 is 8.08. The van der Waals surface area contributed by atoms with Gasteiger partial charge >= 0.3 is 0 Å². The molecule has 3 aromatic rings. The van der Waals surface area contributed by atoms with E-state index in [1.165, 1.54) is 5.56 Å². The van der Waals surface area contributed by atoms with E-state index in [1.54, 1.807) is 0 Å². The third-order valence-corrected chi connectivity index (χ3v) is 6.09. The van der Waals surface area contributed by atoms with Crippen LogP contribution in [0.3, 0.4) is 0 Å². The topological polar surface area (TPSA) is 42.3 Å². The molecule has 6 heteroatoms. The molecule has 0 amide bonds. The fourth-order valence-electron chi connectivity index (χ4n) is 4.32. The van der Waals surface area contributed by atoms with Crippen LogP contribution in [-0.4, -0.2) is 38.8 Å². The molecule has 0 bridgehead atoms. The highest BCUT2D eigenvalue weighted by Gasteiger charge is 2.41. The Bertz CT molecular complexity index is 969. The zero-order chi connectivity index (χ0) is 19.6. The van der Waals surface area contributed by atoms with Gasteiger partial charge in [-0.2, -0.15) is 0 Å². The summed E-state index contributed by atoms with van der Waals surface area (Å²) in [7, 11) is 0. The number of ether oxygens (including phenoxy) is 1. The summed E-state index contributed by atoms with van der Waals surface area (Å²) in [5, 5.41) is 4.29. The number of benzene rings is 1. The van der Waals surface area contributed by atoms with Crippen molar-refractivity contribution in [3.8, 4) is 5.69 Å². The van der Waals surface area contributed by atoms with Crippen molar-refractivity contribution >= 4 is 17.3 Å². The molecule has 2 saturated heterocycles. The van der Waals surface area contributed by atoms with Gasteiger partial charge in [0.15, 0.2) is 5.11 Å². The summed E-state index contributed by atoms with van der Waals surface area (Å²) in [5.74, 6) is 0. The first-order valence-corrected chi connectivity index (χ1v) is 10.5. The normalized spacial score (nSPS) is 24.1. The van der Waals surface area contributed by atoms with Crippen LogP contribution in [0, 0.1) is 0 Å². The summed E-state index contributed by atoms with van der Waals surface area (Å²) in [4.78, 5) is 6.90. The molecule has 3 unspecified atom stereocenters. The summed E-state index contributed by atoms with van der Waals surface area (Å²) in [6.07, 6.45) is 8.60. The number of para-hydroxylation sites is 1. The van der Waals surface area contributed by atoms with Gasteiger partial charge in [0, 0.05) is 37.4 Å². The van der Waals surface area contributed by atoms with Crippen LogP contribution in [0.4, 0.5) is 0 Å². The molecule has 1 N–H and O–H groups in total. The largest absolute Gasteiger partial charge is 0.376 e. The molecule has 2 aliphatic rings. The molecule has 2 fully saturated rings. The van der Waals surface area contributed by atoms with Crippen molar-refractivity contribution in [2.75, 3.05) is 13.2 Å². The van der Waals surface area contributed by atoms with Crippen LogP contribution >= 0.6 is 12.2 Å². The van der Waals surface area contributed by atoms with Gasteiger partial charge in [0.2, 0.25) is 0 Å². The monoisotopic (exact) mass is 404 g/mol. The first kappa shape index (κ1) is 18.3. The van der Waals surface area contributed by atoms with Gasteiger partial charge in [-0.05, 0) is 61.0 Å². The van der Waals surface area contributed by atoms with Crippen LogP contribution < -0.4 is 5.32 Å². The van der Waals surface area contributed by atoms with Crippen LogP contribution in [0.5, 0.6) is 0 Å². The maximum atomic E-state index is 5.91. The quantitative estimate of drug-likeness (QED) is 0.651. The van der Waals surface area contributed by atoms with Crippen LogP contribution in [0.25, 0.3) is 5.69 Å². The zero-order valence-corrected chi connectivity index (χ0v) is 17.0. The van der Waals surface area contributed by atoms with E-state index in [1.807, 2.05) is 24.4 Å². The lowest BCUT2D eigenvalue weighted by Crippen LogP contribution is -2.36. The van der Waals surface area contributed by atoms with Gasteiger partial charge in [-0.3, -0.25) is 4.98 Å². The maximum absolute atomic E-state index is 5.91. The smallest absolute Gasteiger partial charge is 0.170 e. The predicted molar refractivity (Wildman–Crippen MR) is 117 cm³/mol. The van der Waals surface area contributed by atoms with Gasteiger partial charge in [-0.15, -0.1) is 0 Å². The van der Waals surface area contributed by atoms with Crippen molar-refractivity contribution in [2.45, 2.75) is 31.0 Å². The van der Waals surface area contributed by atoms with Crippen molar-refractivity contribution in [1.29, 1.82) is 0 Å². The Morgan fingerprint density at radius 1 is 1.10 bits per heavy atom. The van der Waals surface area contributed by atoms with E-state index in [-0.39, 0.29) is 18.2 Å². The fraction of sp³-hybridized carbons (Fsp3) is 0.304. The van der Waals surface area contributed by atoms with E-state index in [9.17, 15) is 0 Å².